The van der Waals surface area contributed by atoms with Crippen LogP contribution in [0.15, 0.2) is 0 Å². The van der Waals surface area contributed by atoms with Crippen LogP contribution in [0.4, 0.5) is 0 Å². The van der Waals surface area contributed by atoms with Gasteiger partial charge >= 0.3 is 0 Å². The molecule has 2 aliphatic rings. The summed E-state index contributed by atoms with van der Waals surface area (Å²) in [5.41, 5.74) is -0.721. The van der Waals surface area contributed by atoms with Crippen molar-refractivity contribution >= 4 is 11.8 Å². The predicted molar refractivity (Wildman–Crippen MR) is 62.4 cm³/mol. The molecule has 1 N–H and O–H groups in total. The lowest BCUT2D eigenvalue weighted by molar-refractivity contribution is -0.154. The van der Waals surface area contributed by atoms with Gasteiger partial charge in [-0.25, -0.2) is 0 Å². The van der Waals surface area contributed by atoms with Crippen LogP contribution in [-0.4, -0.2) is 48.1 Å². The Morgan fingerprint density at radius 3 is 2.88 bits per heavy atom. The molecule has 96 valence electrons. The number of piperazine rings is 1. The highest BCUT2D eigenvalue weighted by molar-refractivity contribution is 5.97. The van der Waals surface area contributed by atoms with Gasteiger partial charge in [-0.15, -0.1) is 0 Å². The molecule has 0 aromatic carbocycles. The molecule has 2 fully saturated rings. The van der Waals surface area contributed by atoms with Crippen LogP contribution >= 0.6 is 0 Å². The SMILES string of the molecule is CCC1(C)C(=O)NCC(=O)N1CC1CCCO1. The normalized spacial score (nSPS) is 34.0. The van der Waals surface area contributed by atoms with Crippen LogP contribution in [0.3, 0.4) is 0 Å². The third-order valence-corrected chi connectivity index (χ3v) is 3.88. The summed E-state index contributed by atoms with van der Waals surface area (Å²) in [6.45, 7) is 5.18. The largest absolute Gasteiger partial charge is 0.376 e. The quantitative estimate of drug-likeness (QED) is 0.771. The highest BCUT2D eigenvalue weighted by atomic mass is 16.5. The van der Waals surface area contributed by atoms with E-state index in [1.54, 1.807) is 4.90 Å². The topological polar surface area (TPSA) is 58.6 Å². The van der Waals surface area contributed by atoms with Gasteiger partial charge in [0.1, 0.15) is 5.54 Å². The van der Waals surface area contributed by atoms with Gasteiger partial charge in [0, 0.05) is 13.2 Å². The van der Waals surface area contributed by atoms with E-state index in [0.29, 0.717) is 13.0 Å². The molecule has 0 radical (unpaired) electrons. The zero-order chi connectivity index (χ0) is 12.5. The minimum absolute atomic E-state index is 0.00977. The fourth-order valence-electron chi connectivity index (χ4n) is 2.49. The Morgan fingerprint density at radius 1 is 1.53 bits per heavy atom. The lowest BCUT2D eigenvalue weighted by Gasteiger charge is -2.43. The zero-order valence-electron chi connectivity index (χ0n) is 10.5. The van der Waals surface area contributed by atoms with E-state index in [0.717, 1.165) is 19.4 Å². The Hall–Kier alpha value is -1.10. The van der Waals surface area contributed by atoms with E-state index >= 15 is 0 Å². The molecule has 0 aromatic heterocycles. The molecular weight excluding hydrogens is 220 g/mol. The summed E-state index contributed by atoms with van der Waals surface area (Å²) in [6.07, 6.45) is 2.74. The third-order valence-electron chi connectivity index (χ3n) is 3.88. The minimum atomic E-state index is -0.721. The Kier molecular flexibility index (Phi) is 3.38. The molecule has 2 aliphatic heterocycles. The van der Waals surface area contributed by atoms with E-state index in [4.69, 9.17) is 4.74 Å². The summed E-state index contributed by atoms with van der Waals surface area (Å²) in [4.78, 5) is 25.6. The van der Waals surface area contributed by atoms with Crippen LogP contribution in [0.2, 0.25) is 0 Å². The molecule has 2 atom stereocenters. The molecule has 0 spiro atoms. The Labute approximate surface area is 101 Å². The molecule has 5 heteroatoms. The summed E-state index contributed by atoms with van der Waals surface area (Å²) in [5, 5.41) is 2.66. The lowest BCUT2D eigenvalue weighted by atomic mass is 9.92. The van der Waals surface area contributed by atoms with Crippen molar-refractivity contribution in [3.63, 3.8) is 0 Å². The van der Waals surface area contributed by atoms with Gasteiger partial charge in [0.05, 0.1) is 12.6 Å². The van der Waals surface area contributed by atoms with Crippen molar-refractivity contribution in [1.82, 2.24) is 10.2 Å². The van der Waals surface area contributed by atoms with E-state index < -0.39 is 5.54 Å². The van der Waals surface area contributed by atoms with Gasteiger partial charge in [-0.3, -0.25) is 9.59 Å². The maximum atomic E-state index is 12.0. The van der Waals surface area contributed by atoms with Gasteiger partial charge in [0.15, 0.2) is 0 Å². The van der Waals surface area contributed by atoms with Crippen molar-refractivity contribution in [2.75, 3.05) is 19.7 Å². The van der Waals surface area contributed by atoms with Crippen molar-refractivity contribution in [2.24, 2.45) is 0 Å². The average molecular weight is 240 g/mol. The third kappa shape index (κ3) is 2.16. The number of hydrogen-bond donors (Lipinski definition) is 1. The standard InChI is InChI=1S/C12H20N2O3/c1-3-12(2)11(16)13-7-10(15)14(12)8-9-5-4-6-17-9/h9H,3-8H2,1-2H3,(H,13,16). The number of nitrogens with one attached hydrogen (secondary N) is 1. The Bertz CT molecular complexity index is 326. The molecule has 2 saturated heterocycles. The van der Waals surface area contributed by atoms with Crippen molar-refractivity contribution in [1.29, 1.82) is 0 Å². The molecule has 0 saturated carbocycles. The van der Waals surface area contributed by atoms with Gasteiger partial charge < -0.3 is 15.0 Å². The van der Waals surface area contributed by atoms with Gasteiger partial charge in [-0.2, -0.15) is 0 Å². The van der Waals surface area contributed by atoms with E-state index in [-0.39, 0.29) is 24.5 Å². The number of rotatable bonds is 3. The number of ether oxygens (including phenoxy) is 1. The molecule has 17 heavy (non-hydrogen) atoms. The molecular formula is C12H20N2O3. The smallest absolute Gasteiger partial charge is 0.246 e. The number of carbonyl (C=O) groups excluding carboxylic acids is 2. The van der Waals surface area contributed by atoms with E-state index in [1.165, 1.54) is 0 Å². The number of hydrogen-bond acceptors (Lipinski definition) is 3. The fourth-order valence-corrected chi connectivity index (χ4v) is 2.49. The second-order valence-corrected chi connectivity index (χ2v) is 4.95. The first-order valence-electron chi connectivity index (χ1n) is 6.28. The predicted octanol–water partition coefficient (Wildman–Crippen LogP) is 0.293. The maximum Gasteiger partial charge on any atom is 0.246 e. The van der Waals surface area contributed by atoms with Crippen LogP contribution in [-0.2, 0) is 14.3 Å². The molecule has 0 aliphatic carbocycles. The van der Waals surface area contributed by atoms with E-state index in [1.807, 2.05) is 13.8 Å². The van der Waals surface area contributed by atoms with Crippen molar-refractivity contribution < 1.29 is 14.3 Å². The monoisotopic (exact) mass is 240 g/mol. The number of amides is 2. The summed E-state index contributed by atoms with van der Waals surface area (Å²) in [7, 11) is 0. The molecule has 2 amide bonds. The number of carbonyl (C=O) groups is 2. The van der Waals surface area contributed by atoms with E-state index in [2.05, 4.69) is 5.32 Å². The molecule has 2 unspecified atom stereocenters. The second kappa shape index (κ2) is 4.64. The summed E-state index contributed by atoms with van der Waals surface area (Å²) in [6, 6.07) is 0. The van der Waals surface area contributed by atoms with Gasteiger partial charge in [-0.1, -0.05) is 6.92 Å². The van der Waals surface area contributed by atoms with Gasteiger partial charge in [-0.05, 0) is 26.2 Å². The van der Waals surface area contributed by atoms with E-state index in [9.17, 15) is 9.59 Å². The first-order valence-corrected chi connectivity index (χ1v) is 6.28. The van der Waals surface area contributed by atoms with Crippen LogP contribution in [0, 0.1) is 0 Å². The Balaban J connectivity index is 2.13. The summed E-state index contributed by atoms with van der Waals surface area (Å²) in [5.74, 6) is -0.0675. The highest BCUT2D eigenvalue weighted by Crippen LogP contribution is 2.25. The first kappa shape index (κ1) is 12.4. The van der Waals surface area contributed by atoms with Crippen LogP contribution in [0.25, 0.3) is 0 Å². The highest BCUT2D eigenvalue weighted by Gasteiger charge is 2.45. The Morgan fingerprint density at radius 2 is 2.29 bits per heavy atom. The van der Waals surface area contributed by atoms with Crippen LogP contribution in [0.5, 0.6) is 0 Å². The molecule has 2 rings (SSSR count). The summed E-state index contributed by atoms with van der Waals surface area (Å²) >= 11 is 0. The van der Waals surface area contributed by atoms with Crippen LogP contribution in [0.1, 0.15) is 33.1 Å². The van der Waals surface area contributed by atoms with Crippen molar-refractivity contribution in [2.45, 2.75) is 44.8 Å². The zero-order valence-corrected chi connectivity index (χ0v) is 10.5. The molecule has 0 aromatic rings. The number of nitrogens with zero attached hydrogens (tertiary/aromatic N) is 1. The van der Waals surface area contributed by atoms with Crippen LogP contribution < -0.4 is 5.32 Å². The second-order valence-electron chi connectivity index (χ2n) is 4.95. The molecule has 2 heterocycles. The minimum Gasteiger partial charge on any atom is -0.376 e. The first-order chi connectivity index (χ1) is 8.08. The molecule has 0 bridgehead atoms. The van der Waals surface area contributed by atoms with Crippen molar-refractivity contribution in [3.8, 4) is 0 Å². The van der Waals surface area contributed by atoms with Gasteiger partial charge in [0.25, 0.3) is 0 Å². The average Bonchev–Trinajstić information content (AvgIpc) is 2.82. The van der Waals surface area contributed by atoms with Crippen molar-refractivity contribution in [3.05, 3.63) is 0 Å². The van der Waals surface area contributed by atoms with Gasteiger partial charge in [0.2, 0.25) is 11.8 Å². The lowest BCUT2D eigenvalue weighted by Crippen LogP contribution is -2.66. The summed E-state index contributed by atoms with van der Waals surface area (Å²) < 4.78 is 5.55. The fraction of sp³-hybridized carbons (Fsp3) is 0.833. The molecule has 5 nitrogen and oxygen atoms in total. The maximum absolute atomic E-state index is 12.0.